The molecule has 2 aromatic heterocycles. The van der Waals surface area contributed by atoms with Gasteiger partial charge in [0.05, 0.1) is 6.61 Å². The minimum Gasteiger partial charge on any atom is -0.383 e. The average Bonchev–Trinajstić information content (AvgIpc) is 2.87. The van der Waals surface area contributed by atoms with E-state index in [0.29, 0.717) is 37.6 Å². The first-order valence-corrected chi connectivity index (χ1v) is 6.37. The minimum absolute atomic E-state index is 0.293. The van der Waals surface area contributed by atoms with Gasteiger partial charge in [-0.2, -0.15) is 18.3 Å². The van der Waals surface area contributed by atoms with Crippen LogP contribution in [0.1, 0.15) is 5.69 Å². The second-order valence-corrected chi connectivity index (χ2v) is 4.30. The summed E-state index contributed by atoms with van der Waals surface area (Å²) in [6, 6.07) is 0.980. The number of hydrogen-bond donors (Lipinski definition) is 2. The third-order valence-electron chi connectivity index (χ3n) is 2.76. The van der Waals surface area contributed by atoms with Crippen LogP contribution in [0.4, 0.5) is 19.0 Å². The number of nitrogens with one attached hydrogen (secondary N) is 2. The Hall–Kier alpha value is -1.87. The SMILES string of the molecule is COCCNCCNc1nccn2nc(C(F)(F)F)cc12. The molecule has 0 amide bonds. The van der Waals surface area contributed by atoms with Gasteiger partial charge in [0.25, 0.3) is 0 Å². The smallest absolute Gasteiger partial charge is 0.383 e. The van der Waals surface area contributed by atoms with Crippen LogP contribution in [0.25, 0.3) is 5.52 Å². The fourth-order valence-corrected chi connectivity index (χ4v) is 1.77. The largest absolute Gasteiger partial charge is 0.435 e. The van der Waals surface area contributed by atoms with Crippen molar-refractivity contribution in [3.63, 3.8) is 0 Å². The molecule has 0 aliphatic heterocycles. The molecule has 9 heteroatoms. The van der Waals surface area contributed by atoms with Gasteiger partial charge >= 0.3 is 6.18 Å². The molecule has 116 valence electrons. The highest BCUT2D eigenvalue weighted by atomic mass is 19.4. The van der Waals surface area contributed by atoms with Crippen molar-refractivity contribution >= 4 is 11.3 Å². The van der Waals surface area contributed by atoms with Crippen molar-refractivity contribution in [2.24, 2.45) is 0 Å². The van der Waals surface area contributed by atoms with Gasteiger partial charge in [0.1, 0.15) is 5.52 Å². The Kier molecular flexibility index (Phi) is 4.97. The molecule has 0 bridgehead atoms. The number of alkyl halides is 3. The van der Waals surface area contributed by atoms with Crippen LogP contribution in [0.3, 0.4) is 0 Å². The molecule has 2 aromatic rings. The number of halogens is 3. The van der Waals surface area contributed by atoms with Crippen LogP contribution < -0.4 is 10.6 Å². The standard InChI is InChI=1S/C12H16F3N5O/c1-21-7-5-16-2-3-17-11-9-8-10(12(13,14)15)19-20(9)6-4-18-11/h4,6,8,16H,2-3,5,7H2,1H3,(H,17,18). The molecule has 0 aliphatic carbocycles. The number of aromatic nitrogens is 3. The quantitative estimate of drug-likeness (QED) is 0.757. The van der Waals surface area contributed by atoms with Crippen molar-refractivity contribution in [2.45, 2.75) is 6.18 Å². The summed E-state index contributed by atoms with van der Waals surface area (Å²) in [6.07, 6.45) is -1.68. The number of fused-ring (bicyclic) bond motifs is 1. The third kappa shape index (κ3) is 4.05. The summed E-state index contributed by atoms with van der Waals surface area (Å²) in [6.45, 7) is 2.49. The molecule has 0 fully saturated rings. The second kappa shape index (κ2) is 6.72. The van der Waals surface area contributed by atoms with Crippen molar-refractivity contribution in [1.29, 1.82) is 0 Å². The van der Waals surface area contributed by atoms with Gasteiger partial charge < -0.3 is 15.4 Å². The predicted molar refractivity (Wildman–Crippen MR) is 71.2 cm³/mol. The van der Waals surface area contributed by atoms with Crippen LogP contribution in [-0.4, -0.2) is 47.9 Å². The molecule has 0 aliphatic rings. The van der Waals surface area contributed by atoms with Gasteiger partial charge in [0.15, 0.2) is 11.5 Å². The lowest BCUT2D eigenvalue weighted by Gasteiger charge is -2.07. The molecular weight excluding hydrogens is 287 g/mol. The number of rotatable bonds is 7. The van der Waals surface area contributed by atoms with E-state index in [9.17, 15) is 13.2 Å². The van der Waals surface area contributed by atoms with Crippen molar-refractivity contribution in [3.8, 4) is 0 Å². The van der Waals surface area contributed by atoms with Crippen LogP contribution in [0.5, 0.6) is 0 Å². The van der Waals surface area contributed by atoms with Gasteiger partial charge in [0.2, 0.25) is 0 Å². The lowest BCUT2D eigenvalue weighted by atomic mass is 10.3. The summed E-state index contributed by atoms with van der Waals surface area (Å²) >= 11 is 0. The van der Waals surface area contributed by atoms with Crippen LogP contribution in [0, 0.1) is 0 Å². The number of ether oxygens (including phenoxy) is 1. The monoisotopic (exact) mass is 303 g/mol. The highest BCUT2D eigenvalue weighted by Gasteiger charge is 2.34. The van der Waals surface area contributed by atoms with Gasteiger partial charge in [-0.05, 0) is 0 Å². The highest BCUT2D eigenvalue weighted by molar-refractivity contribution is 5.67. The predicted octanol–water partition coefficient (Wildman–Crippen LogP) is 1.40. The van der Waals surface area contributed by atoms with E-state index in [1.807, 2.05) is 0 Å². The number of methoxy groups -OCH3 is 1. The van der Waals surface area contributed by atoms with Crippen molar-refractivity contribution in [3.05, 3.63) is 24.2 Å². The number of hydrogen-bond acceptors (Lipinski definition) is 5. The molecule has 0 saturated carbocycles. The third-order valence-corrected chi connectivity index (χ3v) is 2.76. The second-order valence-electron chi connectivity index (χ2n) is 4.30. The summed E-state index contributed by atoms with van der Waals surface area (Å²) < 4.78 is 44.0. The first kappa shape index (κ1) is 15.5. The van der Waals surface area contributed by atoms with Crippen LogP contribution in [0.2, 0.25) is 0 Å². The molecular formula is C12H16F3N5O. The van der Waals surface area contributed by atoms with Crippen LogP contribution in [0.15, 0.2) is 18.5 Å². The summed E-state index contributed by atoms with van der Waals surface area (Å²) in [4.78, 5) is 4.04. The minimum atomic E-state index is -4.47. The molecule has 0 unspecified atom stereocenters. The van der Waals surface area contributed by atoms with Gasteiger partial charge in [-0.3, -0.25) is 0 Å². The Morgan fingerprint density at radius 3 is 2.81 bits per heavy atom. The maximum absolute atomic E-state index is 12.6. The van der Waals surface area contributed by atoms with Crippen LogP contribution in [-0.2, 0) is 10.9 Å². The van der Waals surface area contributed by atoms with E-state index in [2.05, 4.69) is 20.7 Å². The molecule has 6 nitrogen and oxygen atoms in total. The fraction of sp³-hybridized carbons (Fsp3) is 0.500. The zero-order chi connectivity index (χ0) is 15.3. The average molecular weight is 303 g/mol. The normalized spacial score (nSPS) is 12.0. The molecule has 2 rings (SSSR count). The topological polar surface area (TPSA) is 63.5 Å². The van der Waals surface area contributed by atoms with Gasteiger partial charge in [0, 0.05) is 45.2 Å². The maximum Gasteiger partial charge on any atom is 0.435 e. The lowest BCUT2D eigenvalue weighted by Crippen LogP contribution is -2.25. The van der Waals surface area contributed by atoms with E-state index in [-0.39, 0.29) is 0 Å². The van der Waals surface area contributed by atoms with E-state index < -0.39 is 11.9 Å². The summed E-state index contributed by atoms with van der Waals surface area (Å²) in [5, 5.41) is 9.60. The zero-order valence-corrected chi connectivity index (χ0v) is 11.4. The lowest BCUT2D eigenvalue weighted by molar-refractivity contribution is -0.141. The molecule has 0 radical (unpaired) electrons. The highest BCUT2D eigenvalue weighted by Crippen LogP contribution is 2.29. The Morgan fingerprint density at radius 2 is 2.10 bits per heavy atom. The molecule has 0 aromatic carbocycles. The molecule has 2 heterocycles. The molecule has 0 saturated heterocycles. The molecule has 0 spiro atoms. The van der Waals surface area contributed by atoms with Crippen molar-refractivity contribution in [2.75, 3.05) is 38.7 Å². The molecule has 21 heavy (non-hydrogen) atoms. The molecule has 0 atom stereocenters. The zero-order valence-electron chi connectivity index (χ0n) is 11.4. The Labute approximate surface area is 119 Å². The van der Waals surface area contributed by atoms with E-state index in [1.165, 1.54) is 12.4 Å². The van der Waals surface area contributed by atoms with E-state index >= 15 is 0 Å². The summed E-state index contributed by atoms with van der Waals surface area (Å²) in [5.74, 6) is 0.369. The van der Waals surface area contributed by atoms with Gasteiger partial charge in [-0.25, -0.2) is 9.50 Å². The van der Waals surface area contributed by atoms with Crippen molar-refractivity contribution in [1.82, 2.24) is 19.9 Å². The fourth-order valence-electron chi connectivity index (χ4n) is 1.77. The van der Waals surface area contributed by atoms with E-state index in [0.717, 1.165) is 10.6 Å². The van der Waals surface area contributed by atoms with E-state index in [4.69, 9.17) is 4.74 Å². The van der Waals surface area contributed by atoms with E-state index in [1.54, 1.807) is 7.11 Å². The Balaban J connectivity index is 2.01. The first-order chi connectivity index (χ1) is 10.0. The van der Waals surface area contributed by atoms with Crippen molar-refractivity contribution < 1.29 is 17.9 Å². The Morgan fingerprint density at radius 1 is 1.29 bits per heavy atom. The summed E-state index contributed by atoms with van der Waals surface area (Å²) in [5.41, 5.74) is -0.640. The van der Waals surface area contributed by atoms with Crippen LogP contribution >= 0.6 is 0 Å². The van der Waals surface area contributed by atoms with Gasteiger partial charge in [-0.15, -0.1) is 0 Å². The Bertz CT molecular complexity index is 584. The van der Waals surface area contributed by atoms with Gasteiger partial charge in [-0.1, -0.05) is 0 Å². The first-order valence-electron chi connectivity index (χ1n) is 6.37. The maximum atomic E-state index is 12.6. The summed E-state index contributed by atoms with van der Waals surface area (Å²) in [7, 11) is 1.61. The number of anilines is 1. The molecule has 2 N–H and O–H groups in total. The number of nitrogens with zero attached hydrogens (tertiary/aromatic N) is 3.